The first kappa shape index (κ1) is 16.3. The van der Waals surface area contributed by atoms with E-state index in [9.17, 15) is 20.3 Å². The van der Waals surface area contributed by atoms with E-state index < -0.39 is 11.4 Å². The van der Waals surface area contributed by atoms with Gasteiger partial charge in [0.1, 0.15) is 11.3 Å². The van der Waals surface area contributed by atoms with Gasteiger partial charge in [-0.2, -0.15) is 5.06 Å². The number of hydrogen-bond donors (Lipinski definition) is 3. The van der Waals surface area contributed by atoms with Crippen molar-refractivity contribution in [1.29, 1.82) is 0 Å². The molecule has 2 aliphatic rings. The summed E-state index contributed by atoms with van der Waals surface area (Å²) < 4.78 is 0. The third kappa shape index (κ3) is 2.33. The van der Waals surface area contributed by atoms with Crippen molar-refractivity contribution in [2.45, 2.75) is 32.2 Å². The van der Waals surface area contributed by atoms with E-state index in [0.29, 0.717) is 15.6 Å². The number of carbonyl (C=O) groups excluding carboxylic acids is 1. The Labute approximate surface area is 139 Å². The number of hydroxylamine groups is 4. The Kier molecular flexibility index (Phi) is 3.88. The van der Waals surface area contributed by atoms with Gasteiger partial charge < -0.3 is 10.3 Å². The topological polar surface area (TPSA) is 84.2 Å². The number of hydrogen-bond acceptors (Lipinski definition) is 5. The molecule has 0 unspecified atom stereocenters. The Bertz CT molecular complexity index is 685. The number of benzene rings is 1. The fourth-order valence-corrected chi connectivity index (χ4v) is 3.91. The van der Waals surface area contributed by atoms with Crippen LogP contribution in [-0.2, 0) is 4.79 Å². The summed E-state index contributed by atoms with van der Waals surface area (Å²) in [4.78, 5) is 12.6. The number of nitrogens with zero attached hydrogens (tertiary/aromatic N) is 2. The molecule has 0 saturated carbocycles. The van der Waals surface area contributed by atoms with Crippen molar-refractivity contribution < 1.29 is 20.3 Å². The average Bonchev–Trinajstić information content (AvgIpc) is 2.65. The van der Waals surface area contributed by atoms with Gasteiger partial charge in [0, 0.05) is 18.1 Å². The fourth-order valence-electron chi connectivity index (χ4n) is 3.58. The Hall–Kier alpha value is -1.60. The van der Waals surface area contributed by atoms with Gasteiger partial charge in [-0.1, -0.05) is 11.6 Å². The molecule has 1 spiro atoms. The lowest BCUT2D eigenvalue weighted by atomic mass is 9.85. The van der Waals surface area contributed by atoms with Crippen LogP contribution in [0, 0.1) is 13.8 Å². The second kappa shape index (κ2) is 5.49. The first-order valence-corrected chi connectivity index (χ1v) is 7.84. The molecule has 3 N–H and O–H groups in total. The van der Waals surface area contributed by atoms with Crippen molar-refractivity contribution in [3.63, 3.8) is 0 Å². The van der Waals surface area contributed by atoms with Gasteiger partial charge in [-0.25, -0.2) is 5.06 Å². The van der Waals surface area contributed by atoms with Crippen molar-refractivity contribution in [2.75, 3.05) is 13.1 Å². The van der Waals surface area contributed by atoms with Crippen LogP contribution >= 0.6 is 11.6 Å². The van der Waals surface area contributed by atoms with E-state index in [-0.39, 0.29) is 37.3 Å². The van der Waals surface area contributed by atoms with Gasteiger partial charge in [-0.05, 0) is 55.5 Å². The molecule has 2 aliphatic heterocycles. The summed E-state index contributed by atoms with van der Waals surface area (Å²) in [5.74, 6) is -0.756. The number of carbonyl (C=O) groups is 1. The van der Waals surface area contributed by atoms with Crippen molar-refractivity contribution in [1.82, 2.24) is 10.1 Å². The molecule has 1 aromatic rings. The average molecular weight is 339 g/mol. The molecule has 1 amide bonds. The molecule has 1 aromatic carbocycles. The predicted molar refractivity (Wildman–Crippen MR) is 84.4 cm³/mol. The molecule has 7 heteroatoms. The van der Waals surface area contributed by atoms with Crippen LogP contribution in [0.25, 0.3) is 5.57 Å². The third-order valence-corrected chi connectivity index (χ3v) is 5.02. The van der Waals surface area contributed by atoms with Crippen LogP contribution in [0.5, 0.6) is 0 Å². The van der Waals surface area contributed by atoms with E-state index in [1.165, 1.54) is 0 Å². The fraction of sp³-hybridized carbons (Fsp3) is 0.438. The van der Waals surface area contributed by atoms with E-state index in [1.54, 1.807) is 12.1 Å². The molecule has 0 bridgehead atoms. The quantitative estimate of drug-likeness (QED) is 0.686. The smallest absolute Gasteiger partial charge is 0.282 e. The van der Waals surface area contributed by atoms with Gasteiger partial charge in [-0.3, -0.25) is 10.0 Å². The number of rotatable bonds is 1. The van der Waals surface area contributed by atoms with Crippen molar-refractivity contribution in [3.05, 3.63) is 39.6 Å². The van der Waals surface area contributed by atoms with E-state index in [0.717, 1.165) is 16.2 Å². The maximum atomic E-state index is 12.6. The van der Waals surface area contributed by atoms with Crippen LogP contribution in [0.4, 0.5) is 0 Å². The van der Waals surface area contributed by atoms with Crippen molar-refractivity contribution in [3.8, 4) is 0 Å². The minimum absolute atomic E-state index is 0.116. The van der Waals surface area contributed by atoms with Crippen LogP contribution in [0.3, 0.4) is 0 Å². The Morgan fingerprint density at radius 3 is 2.17 bits per heavy atom. The Morgan fingerprint density at radius 2 is 1.65 bits per heavy atom. The Morgan fingerprint density at radius 1 is 1.13 bits per heavy atom. The van der Waals surface area contributed by atoms with Crippen LogP contribution in [0.1, 0.15) is 29.5 Å². The predicted octanol–water partition coefficient (Wildman–Crippen LogP) is 2.68. The zero-order valence-electron chi connectivity index (χ0n) is 13.0. The summed E-state index contributed by atoms with van der Waals surface area (Å²) >= 11 is 6.03. The Balaban J connectivity index is 2.16. The van der Waals surface area contributed by atoms with Crippen LogP contribution < -0.4 is 0 Å². The van der Waals surface area contributed by atoms with E-state index in [2.05, 4.69) is 0 Å². The van der Waals surface area contributed by atoms with Gasteiger partial charge in [0.15, 0.2) is 0 Å². The van der Waals surface area contributed by atoms with E-state index in [1.807, 2.05) is 13.8 Å². The number of aryl methyl sites for hydroxylation is 2. The summed E-state index contributed by atoms with van der Waals surface area (Å²) in [5, 5.41) is 33.0. The number of aliphatic hydroxyl groups is 1. The summed E-state index contributed by atoms with van der Waals surface area (Å²) in [5.41, 5.74) is 1.07. The molecule has 0 aromatic heterocycles. The minimum Gasteiger partial charge on any atom is -0.509 e. The molecule has 0 atom stereocenters. The molecule has 124 valence electrons. The lowest BCUT2D eigenvalue weighted by Crippen LogP contribution is -2.53. The molecule has 23 heavy (non-hydrogen) atoms. The molecular weight excluding hydrogens is 320 g/mol. The van der Waals surface area contributed by atoms with Gasteiger partial charge in [0.25, 0.3) is 5.91 Å². The van der Waals surface area contributed by atoms with Crippen LogP contribution in [0.2, 0.25) is 5.02 Å². The highest BCUT2D eigenvalue weighted by atomic mass is 35.5. The minimum atomic E-state index is -1.16. The van der Waals surface area contributed by atoms with E-state index in [4.69, 9.17) is 11.6 Å². The summed E-state index contributed by atoms with van der Waals surface area (Å²) in [7, 11) is 0. The highest BCUT2D eigenvalue weighted by molar-refractivity contribution is 6.31. The molecule has 1 fully saturated rings. The second-order valence-corrected chi connectivity index (χ2v) is 6.68. The highest BCUT2D eigenvalue weighted by Gasteiger charge is 2.54. The monoisotopic (exact) mass is 338 g/mol. The SMILES string of the molecule is Cc1cc(Cl)cc(C)c1C1=C(O)C2(CCN(O)CC2)N(O)C1=O. The van der Waals surface area contributed by atoms with Crippen LogP contribution in [0.15, 0.2) is 17.9 Å². The molecule has 6 nitrogen and oxygen atoms in total. The van der Waals surface area contributed by atoms with Crippen molar-refractivity contribution in [2.24, 2.45) is 0 Å². The van der Waals surface area contributed by atoms with Gasteiger partial charge in [0.05, 0.1) is 5.57 Å². The molecule has 0 aliphatic carbocycles. The maximum absolute atomic E-state index is 12.6. The first-order valence-electron chi connectivity index (χ1n) is 7.46. The molecule has 2 heterocycles. The molecule has 1 saturated heterocycles. The van der Waals surface area contributed by atoms with Gasteiger partial charge in [0.2, 0.25) is 0 Å². The number of piperidine rings is 1. The normalized spacial score (nSPS) is 21.6. The van der Waals surface area contributed by atoms with Crippen molar-refractivity contribution >= 4 is 23.1 Å². The van der Waals surface area contributed by atoms with E-state index >= 15 is 0 Å². The summed E-state index contributed by atoms with van der Waals surface area (Å²) in [6.07, 6.45) is 0.513. The lowest BCUT2D eigenvalue weighted by Gasteiger charge is -2.39. The summed E-state index contributed by atoms with van der Waals surface area (Å²) in [6.45, 7) is 4.15. The standard InChI is InChI=1S/C16H19ClN2O4/c1-9-7-11(17)8-10(2)12(9)13-14(20)16(19(23)15(13)21)3-5-18(22)6-4-16/h7-8,20,22-23H,3-6H2,1-2H3. The maximum Gasteiger partial charge on any atom is 0.282 e. The number of halogens is 1. The zero-order chi connectivity index (χ0) is 16.9. The summed E-state index contributed by atoms with van der Waals surface area (Å²) in [6, 6.07) is 3.45. The second-order valence-electron chi connectivity index (χ2n) is 6.24. The zero-order valence-corrected chi connectivity index (χ0v) is 13.8. The molecule has 0 radical (unpaired) electrons. The van der Waals surface area contributed by atoms with Crippen LogP contribution in [-0.4, -0.2) is 50.2 Å². The molecular formula is C16H19ClN2O4. The largest absolute Gasteiger partial charge is 0.509 e. The number of amides is 1. The highest BCUT2D eigenvalue weighted by Crippen LogP contribution is 2.45. The van der Waals surface area contributed by atoms with Gasteiger partial charge in [-0.15, -0.1) is 0 Å². The lowest BCUT2D eigenvalue weighted by molar-refractivity contribution is -0.202. The third-order valence-electron chi connectivity index (χ3n) is 4.80. The molecule has 3 rings (SSSR count). The first-order chi connectivity index (χ1) is 10.8. The number of aliphatic hydroxyl groups excluding tert-OH is 1. The van der Waals surface area contributed by atoms with Gasteiger partial charge >= 0.3 is 0 Å².